The molecule has 2 fully saturated rings. The zero-order valence-corrected chi connectivity index (χ0v) is 12.2. The van der Waals surface area contributed by atoms with Gasteiger partial charge in [0, 0.05) is 32.3 Å². The predicted molar refractivity (Wildman–Crippen MR) is 75.9 cm³/mol. The van der Waals surface area contributed by atoms with E-state index in [1.54, 1.807) is 0 Å². The van der Waals surface area contributed by atoms with E-state index in [1.807, 2.05) is 7.11 Å². The van der Waals surface area contributed by atoms with Gasteiger partial charge in [-0.3, -0.25) is 4.90 Å². The van der Waals surface area contributed by atoms with Crippen molar-refractivity contribution in [3.05, 3.63) is 0 Å². The first kappa shape index (κ1) is 14.3. The molecule has 0 amide bonds. The molecule has 0 spiro atoms. The summed E-state index contributed by atoms with van der Waals surface area (Å²) in [6, 6.07) is 1.55. The summed E-state index contributed by atoms with van der Waals surface area (Å²) >= 11 is 0. The topological polar surface area (TPSA) is 24.5 Å². The summed E-state index contributed by atoms with van der Waals surface area (Å²) < 4.78 is 5.26. The zero-order valence-electron chi connectivity index (χ0n) is 12.2. The van der Waals surface area contributed by atoms with Gasteiger partial charge in [0.15, 0.2) is 0 Å². The molecule has 2 aliphatic carbocycles. The lowest BCUT2D eigenvalue weighted by Gasteiger charge is -2.31. The Morgan fingerprint density at radius 3 is 2.50 bits per heavy atom. The third-order valence-electron chi connectivity index (χ3n) is 4.51. The molecule has 106 valence electrons. The van der Waals surface area contributed by atoms with E-state index in [1.165, 1.54) is 45.1 Å². The van der Waals surface area contributed by atoms with E-state index in [2.05, 4.69) is 17.1 Å². The number of methoxy groups -OCH3 is 1. The van der Waals surface area contributed by atoms with Gasteiger partial charge in [0.25, 0.3) is 0 Å². The molecule has 0 bridgehead atoms. The SMILES string of the molecule is CCNC(CN(CCOC)C1CC1)C1CCCC1. The third-order valence-corrected chi connectivity index (χ3v) is 4.51. The standard InChI is InChI=1S/C15H30N2O/c1-3-16-15(13-6-4-5-7-13)12-17(10-11-18-2)14-8-9-14/h13-16H,3-12H2,1-2H3. The van der Waals surface area contributed by atoms with Crippen LogP contribution >= 0.6 is 0 Å². The average Bonchev–Trinajstić information content (AvgIpc) is 3.08. The van der Waals surface area contributed by atoms with Crippen molar-refractivity contribution in [2.45, 2.75) is 57.5 Å². The quantitative estimate of drug-likeness (QED) is 0.683. The van der Waals surface area contributed by atoms with Crippen LogP contribution < -0.4 is 5.32 Å². The van der Waals surface area contributed by atoms with Crippen LogP contribution in [0.5, 0.6) is 0 Å². The second-order valence-corrected chi connectivity index (χ2v) is 5.93. The van der Waals surface area contributed by atoms with Gasteiger partial charge in [0.05, 0.1) is 6.61 Å². The molecule has 0 aromatic heterocycles. The van der Waals surface area contributed by atoms with Gasteiger partial charge in [-0.25, -0.2) is 0 Å². The highest BCUT2D eigenvalue weighted by atomic mass is 16.5. The molecule has 18 heavy (non-hydrogen) atoms. The highest BCUT2D eigenvalue weighted by Crippen LogP contribution is 2.31. The van der Waals surface area contributed by atoms with E-state index in [-0.39, 0.29) is 0 Å². The minimum Gasteiger partial charge on any atom is -0.383 e. The third kappa shape index (κ3) is 4.22. The Labute approximate surface area is 112 Å². The molecule has 2 rings (SSSR count). The molecule has 0 aromatic carbocycles. The average molecular weight is 254 g/mol. The molecular weight excluding hydrogens is 224 g/mol. The number of hydrogen-bond donors (Lipinski definition) is 1. The van der Waals surface area contributed by atoms with Gasteiger partial charge in [0.2, 0.25) is 0 Å². The van der Waals surface area contributed by atoms with Crippen molar-refractivity contribution in [2.24, 2.45) is 5.92 Å². The number of hydrogen-bond acceptors (Lipinski definition) is 3. The summed E-state index contributed by atoms with van der Waals surface area (Å²) in [4.78, 5) is 2.66. The molecule has 3 nitrogen and oxygen atoms in total. The molecule has 0 aliphatic heterocycles. The Balaban J connectivity index is 1.83. The Morgan fingerprint density at radius 2 is 1.94 bits per heavy atom. The summed E-state index contributed by atoms with van der Waals surface area (Å²) in [6.07, 6.45) is 8.53. The van der Waals surface area contributed by atoms with Crippen molar-refractivity contribution in [1.82, 2.24) is 10.2 Å². The first-order chi connectivity index (χ1) is 8.85. The summed E-state index contributed by atoms with van der Waals surface area (Å²) in [5.41, 5.74) is 0. The molecule has 1 atom stereocenters. The molecular formula is C15H30N2O. The molecule has 1 unspecified atom stereocenters. The zero-order chi connectivity index (χ0) is 12.8. The second-order valence-electron chi connectivity index (χ2n) is 5.93. The fraction of sp³-hybridized carbons (Fsp3) is 1.00. The van der Waals surface area contributed by atoms with E-state index in [0.29, 0.717) is 6.04 Å². The van der Waals surface area contributed by atoms with Crippen molar-refractivity contribution in [3.63, 3.8) is 0 Å². The van der Waals surface area contributed by atoms with Gasteiger partial charge in [0.1, 0.15) is 0 Å². The lowest BCUT2D eigenvalue weighted by molar-refractivity contribution is 0.128. The number of nitrogens with zero attached hydrogens (tertiary/aromatic N) is 1. The largest absolute Gasteiger partial charge is 0.383 e. The Hall–Kier alpha value is -0.120. The molecule has 1 N–H and O–H groups in total. The fourth-order valence-electron chi connectivity index (χ4n) is 3.33. The summed E-state index contributed by atoms with van der Waals surface area (Å²) in [7, 11) is 1.81. The second kappa shape index (κ2) is 7.46. The van der Waals surface area contributed by atoms with E-state index in [4.69, 9.17) is 4.74 Å². The van der Waals surface area contributed by atoms with E-state index >= 15 is 0 Å². The summed E-state index contributed by atoms with van der Waals surface area (Å²) in [6.45, 7) is 6.55. The number of nitrogens with one attached hydrogen (secondary N) is 1. The first-order valence-electron chi connectivity index (χ1n) is 7.81. The van der Waals surface area contributed by atoms with Crippen LogP contribution in [0.3, 0.4) is 0 Å². The normalized spacial score (nSPS) is 22.8. The lowest BCUT2D eigenvalue weighted by atomic mass is 9.97. The highest BCUT2D eigenvalue weighted by molar-refractivity contribution is 4.90. The minimum absolute atomic E-state index is 0.704. The van der Waals surface area contributed by atoms with Crippen LogP contribution in [-0.2, 0) is 4.74 Å². The molecule has 0 aromatic rings. The van der Waals surface area contributed by atoms with Crippen LogP contribution in [0.4, 0.5) is 0 Å². The van der Waals surface area contributed by atoms with Crippen molar-refractivity contribution < 1.29 is 4.74 Å². The molecule has 2 saturated carbocycles. The van der Waals surface area contributed by atoms with Gasteiger partial charge in [-0.05, 0) is 38.1 Å². The smallest absolute Gasteiger partial charge is 0.0589 e. The van der Waals surface area contributed by atoms with Crippen LogP contribution in [-0.4, -0.2) is 50.3 Å². The van der Waals surface area contributed by atoms with Crippen molar-refractivity contribution in [3.8, 4) is 0 Å². The molecule has 3 heteroatoms. The minimum atomic E-state index is 0.704. The van der Waals surface area contributed by atoms with Gasteiger partial charge in [-0.1, -0.05) is 19.8 Å². The molecule has 2 aliphatic rings. The highest BCUT2D eigenvalue weighted by Gasteiger charge is 2.32. The summed E-state index contributed by atoms with van der Waals surface area (Å²) in [5, 5.41) is 3.73. The Kier molecular flexibility index (Phi) is 5.93. The van der Waals surface area contributed by atoms with Crippen LogP contribution in [0.2, 0.25) is 0 Å². The monoisotopic (exact) mass is 254 g/mol. The van der Waals surface area contributed by atoms with Crippen LogP contribution in [0.25, 0.3) is 0 Å². The maximum atomic E-state index is 5.26. The Morgan fingerprint density at radius 1 is 1.22 bits per heavy atom. The van der Waals surface area contributed by atoms with Crippen molar-refractivity contribution in [1.29, 1.82) is 0 Å². The number of rotatable bonds is 9. The van der Waals surface area contributed by atoms with E-state index in [9.17, 15) is 0 Å². The Bertz CT molecular complexity index is 225. The van der Waals surface area contributed by atoms with E-state index < -0.39 is 0 Å². The molecule has 0 saturated heterocycles. The lowest BCUT2D eigenvalue weighted by Crippen LogP contribution is -2.46. The number of ether oxygens (including phenoxy) is 1. The van der Waals surface area contributed by atoms with Gasteiger partial charge >= 0.3 is 0 Å². The van der Waals surface area contributed by atoms with Crippen molar-refractivity contribution >= 4 is 0 Å². The molecule has 0 radical (unpaired) electrons. The van der Waals surface area contributed by atoms with Crippen LogP contribution in [0.15, 0.2) is 0 Å². The van der Waals surface area contributed by atoms with Crippen LogP contribution in [0.1, 0.15) is 45.4 Å². The molecule has 0 heterocycles. The number of likely N-dealkylation sites (N-methyl/N-ethyl adjacent to an activating group) is 1. The van der Waals surface area contributed by atoms with Crippen molar-refractivity contribution in [2.75, 3.05) is 33.4 Å². The first-order valence-corrected chi connectivity index (χ1v) is 7.81. The van der Waals surface area contributed by atoms with Crippen LogP contribution in [0, 0.1) is 5.92 Å². The van der Waals surface area contributed by atoms with Gasteiger partial charge in [-0.2, -0.15) is 0 Å². The van der Waals surface area contributed by atoms with Gasteiger partial charge in [-0.15, -0.1) is 0 Å². The summed E-state index contributed by atoms with van der Waals surface area (Å²) in [5.74, 6) is 0.911. The maximum absolute atomic E-state index is 5.26. The maximum Gasteiger partial charge on any atom is 0.0589 e. The van der Waals surface area contributed by atoms with Gasteiger partial charge < -0.3 is 10.1 Å². The van der Waals surface area contributed by atoms with E-state index in [0.717, 1.165) is 31.7 Å². The fourth-order valence-corrected chi connectivity index (χ4v) is 3.33. The predicted octanol–water partition coefficient (Wildman–Crippen LogP) is 2.27.